The fraction of sp³-hybridized carbons (Fsp3) is 0.882. The maximum Gasteiger partial charge on any atom is 0.410 e. The highest BCUT2D eigenvalue weighted by molar-refractivity contribution is 5.68. The van der Waals surface area contributed by atoms with E-state index in [1.807, 2.05) is 27.7 Å². The zero-order chi connectivity index (χ0) is 17.5. The lowest BCUT2D eigenvalue weighted by Gasteiger charge is -2.35. The van der Waals surface area contributed by atoms with E-state index in [1.165, 1.54) is 6.92 Å². The molecular weight excluding hydrogens is 296 g/mol. The van der Waals surface area contributed by atoms with Crippen LogP contribution >= 0.6 is 0 Å². The summed E-state index contributed by atoms with van der Waals surface area (Å²) in [6.07, 6.45) is 1.89. The molecule has 1 saturated heterocycles. The highest BCUT2D eigenvalue weighted by atomic mass is 16.6. The summed E-state index contributed by atoms with van der Waals surface area (Å²) in [6.45, 7) is 13.7. The number of esters is 1. The Balaban J connectivity index is 2.33. The van der Waals surface area contributed by atoms with E-state index in [0.29, 0.717) is 19.1 Å². The van der Waals surface area contributed by atoms with Crippen LogP contribution in [0.15, 0.2) is 0 Å². The van der Waals surface area contributed by atoms with Crippen molar-refractivity contribution in [3.05, 3.63) is 0 Å². The molecule has 1 aliphatic heterocycles. The first-order chi connectivity index (χ1) is 10.7. The first-order valence-electron chi connectivity index (χ1n) is 8.55. The molecule has 0 aromatic heterocycles. The molecule has 0 atom stereocenters. The van der Waals surface area contributed by atoms with E-state index in [0.717, 1.165) is 39.0 Å². The Morgan fingerprint density at radius 3 is 2.30 bits per heavy atom. The largest absolute Gasteiger partial charge is 0.465 e. The zero-order valence-corrected chi connectivity index (χ0v) is 15.3. The highest BCUT2D eigenvalue weighted by Gasteiger charge is 2.26. The van der Waals surface area contributed by atoms with Crippen molar-refractivity contribution < 1.29 is 19.1 Å². The van der Waals surface area contributed by atoms with Gasteiger partial charge in [0.1, 0.15) is 12.2 Å². The maximum atomic E-state index is 12.2. The summed E-state index contributed by atoms with van der Waals surface area (Å²) in [7, 11) is 0. The normalized spacial score (nSPS) is 16.9. The number of carbonyl (C=O) groups excluding carboxylic acids is 2. The van der Waals surface area contributed by atoms with Gasteiger partial charge in [-0.2, -0.15) is 0 Å². The molecule has 23 heavy (non-hydrogen) atoms. The first-order valence-corrected chi connectivity index (χ1v) is 8.55. The van der Waals surface area contributed by atoms with E-state index in [1.54, 1.807) is 4.90 Å². The van der Waals surface area contributed by atoms with Gasteiger partial charge in [-0.1, -0.05) is 0 Å². The summed E-state index contributed by atoms with van der Waals surface area (Å²) >= 11 is 0. The van der Waals surface area contributed by atoms with E-state index in [4.69, 9.17) is 9.47 Å². The third kappa shape index (κ3) is 8.21. The van der Waals surface area contributed by atoms with Crippen molar-refractivity contribution in [1.82, 2.24) is 9.80 Å². The number of ether oxygens (including phenoxy) is 2. The topological polar surface area (TPSA) is 59.1 Å². The van der Waals surface area contributed by atoms with Crippen molar-refractivity contribution in [3.8, 4) is 0 Å². The van der Waals surface area contributed by atoms with Crippen LogP contribution in [0.1, 0.15) is 47.5 Å². The van der Waals surface area contributed by atoms with Crippen LogP contribution < -0.4 is 0 Å². The second kappa shape index (κ2) is 9.11. The molecule has 134 valence electrons. The summed E-state index contributed by atoms with van der Waals surface area (Å²) in [5, 5.41) is 0. The Bertz CT molecular complexity index is 385. The molecule has 6 heteroatoms. The van der Waals surface area contributed by atoms with Gasteiger partial charge < -0.3 is 14.4 Å². The van der Waals surface area contributed by atoms with Crippen molar-refractivity contribution in [3.63, 3.8) is 0 Å². The molecule has 0 aliphatic carbocycles. The van der Waals surface area contributed by atoms with Gasteiger partial charge in [0.15, 0.2) is 0 Å². The highest BCUT2D eigenvalue weighted by Crippen LogP contribution is 2.19. The average Bonchev–Trinajstić information content (AvgIpc) is 2.44. The van der Waals surface area contributed by atoms with Crippen molar-refractivity contribution in [1.29, 1.82) is 0 Å². The number of amides is 1. The number of rotatable bonds is 6. The lowest BCUT2D eigenvalue weighted by Crippen LogP contribution is -2.43. The van der Waals surface area contributed by atoms with Gasteiger partial charge in [-0.05, 0) is 59.5 Å². The summed E-state index contributed by atoms with van der Waals surface area (Å²) in [5.41, 5.74) is -0.454. The van der Waals surface area contributed by atoms with Crippen molar-refractivity contribution >= 4 is 12.1 Å². The van der Waals surface area contributed by atoms with Crippen LogP contribution in [0.25, 0.3) is 0 Å². The summed E-state index contributed by atoms with van der Waals surface area (Å²) < 4.78 is 10.4. The van der Waals surface area contributed by atoms with Gasteiger partial charge in [0, 0.05) is 26.6 Å². The Morgan fingerprint density at radius 1 is 1.22 bits per heavy atom. The Morgan fingerprint density at radius 2 is 1.83 bits per heavy atom. The standard InChI is InChI=1S/C17H32N2O4/c1-6-19(16(21)23-17(3,4)5)13-15-7-9-18(10-8-15)11-12-22-14(2)20/h15H,6-13H2,1-5H3. The van der Waals surface area contributed by atoms with Gasteiger partial charge in [-0.15, -0.1) is 0 Å². The molecule has 0 N–H and O–H groups in total. The Labute approximate surface area is 140 Å². The summed E-state index contributed by atoms with van der Waals surface area (Å²) in [6, 6.07) is 0. The second-order valence-electron chi connectivity index (χ2n) is 7.14. The molecule has 0 saturated carbocycles. The smallest absolute Gasteiger partial charge is 0.410 e. The van der Waals surface area contributed by atoms with Crippen molar-refractivity contribution in [2.45, 2.75) is 53.1 Å². The molecule has 0 aromatic rings. The second-order valence-corrected chi connectivity index (χ2v) is 7.14. The number of piperidine rings is 1. The monoisotopic (exact) mass is 328 g/mol. The fourth-order valence-electron chi connectivity index (χ4n) is 2.68. The Hall–Kier alpha value is -1.30. The van der Waals surface area contributed by atoms with Gasteiger partial charge in [-0.3, -0.25) is 9.69 Å². The van der Waals surface area contributed by atoms with Crippen LogP contribution in [0, 0.1) is 5.92 Å². The molecule has 1 rings (SSSR count). The van der Waals surface area contributed by atoms with Gasteiger partial charge in [0.2, 0.25) is 0 Å². The van der Waals surface area contributed by atoms with Crippen LogP contribution in [-0.4, -0.2) is 66.8 Å². The molecule has 0 unspecified atom stereocenters. The minimum atomic E-state index is -0.454. The van der Waals surface area contributed by atoms with E-state index in [2.05, 4.69) is 4.90 Å². The van der Waals surface area contributed by atoms with E-state index in [9.17, 15) is 9.59 Å². The van der Waals surface area contributed by atoms with Gasteiger partial charge in [-0.25, -0.2) is 4.79 Å². The Kier molecular flexibility index (Phi) is 7.82. The SMILES string of the molecule is CCN(CC1CCN(CCOC(C)=O)CC1)C(=O)OC(C)(C)C. The van der Waals surface area contributed by atoms with Crippen LogP contribution in [0.2, 0.25) is 0 Å². The minimum Gasteiger partial charge on any atom is -0.465 e. The van der Waals surface area contributed by atoms with Crippen LogP contribution in [-0.2, 0) is 14.3 Å². The first kappa shape index (κ1) is 19.7. The molecule has 6 nitrogen and oxygen atoms in total. The van der Waals surface area contributed by atoms with Gasteiger partial charge >= 0.3 is 12.1 Å². The third-order valence-corrected chi connectivity index (χ3v) is 3.93. The third-order valence-electron chi connectivity index (χ3n) is 3.93. The van der Waals surface area contributed by atoms with Crippen molar-refractivity contribution in [2.24, 2.45) is 5.92 Å². The van der Waals surface area contributed by atoms with Crippen LogP contribution in [0.4, 0.5) is 4.79 Å². The quantitative estimate of drug-likeness (QED) is 0.701. The molecule has 0 radical (unpaired) electrons. The average molecular weight is 328 g/mol. The van der Waals surface area contributed by atoms with Crippen LogP contribution in [0.5, 0.6) is 0 Å². The molecular formula is C17H32N2O4. The van der Waals surface area contributed by atoms with E-state index >= 15 is 0 Å². The number of hydrogen-bond acceptors (Lipinski definition) is 5. The summed E-state index contributed by atoms with van der Waals surface area (Å²) in [5.74, 6) is 0.281. The van der Waals surface area contributed by atoms with E-state index < -0.39 is 5.60 Å². The number of likely N-dealkylation sites (tertiary alicyclic amines) is 1. The maximum absolute atomic E-state index is 12.2. The van der Waals surface area contributed by atoms with Crippen molar-refractivity contribution in [2.75, 3.05) is 39.3 Å². The number of carbonyl (C=O) groups is 2. The lowest BCUT2D eigenvalue weighted by atomic mass is 9.96. The van der Waals surface area contributed by atoms with E-state index in [-0.39, 0.29) is 12.1 Å². The molecule has 1 heterocycles. The number of nitrogens with zero attached hydrogens (tertiary/aromatic N) is 2. The van der Waals surface area contributed by atoms with Crippen LogP contribution in [0.3, 0.4) is 0 Å². The predicted molar refractivity (Wildman–Crippen MR) is 89.3 cm³/mol. The van der Waals surface area contributed by atoms with Gasteiger partial charge in [0.05, 0.1) is 0 Å². The predicted octanol–water partition coefficient (Wildman–Crippen LogP) is 2.52. The fourth-order valence-corrected chi connectivity index (χ4v) is 2.68. The summed E-state index contributed by atoms with van der Waals surface area (Å²) in [4.78, 5) is 27.0. The molecule has 0 bridgehead atoms. The zero-order valence-electron chi connectivity index (χ0n) is 15.3. The molecule has 0 aromatic carbocycles. The van der Waals surface area contributed by atoms with Gasteiger partial charge in [0.25, 0.3) is 0 Å². The molecule has 1 fully saturated rings. The molecule has 1 amide bonds. The molecule has 0 spiro atoms. The minimum absolute atomic E-state index is 0.225. The number of hydrogen-bond donors (Lipinski definition) is 0. The molecule has 1 aliphatic rings. The lowest BCUT2D eigenvalue weighted by molar-refractivity contribution is -0.141.